The fourth-order valence-electron chi connectivity index (χ4n) is 4.15. The maximum atomic E-state index is 13.2. The Labute approximate surface area is 193 Å². The van der Waals surface area contributed by atoms with Crippen LogP contribution in [0, 0.1) is 5.92 Å². The summed E-state index contributed by atoms with van der Waals surface area (Å²) in [6.07, 6.45) is 7.38. The van der Waals surface area contributed by atoms with E-state index < -0.39 is 23.3 Å². The van der Waals surface area contributed by atoms with Gasteiger partial charge in [0.2, 0.25) is 0 Å². The van der Waals surface area contributed by atoms with Gasteiger partial charge < -0.3 is 4.74 Å². The number of carbonyl (C=O) groups excluding carboxylic acids is 3. The van der Waals surface area contributed by atoms with Crippen molar-refractivity contribution >= 4 is 17.5 Å². The molecule has 0 aromatic heterocycles. The first kappa shape index (κ1) is 22.6. The van der Waals surface area contributed by atoms with Crippen molar-refractivity contribution < 1.29 is 19.1 Å². The maximum Gasteiger partial charge on any atom is 0.326 e. The number of carbonyl (C=O) groups is 3. The third-order valence-corrected chi connectivity index (χ3v) is 6.11. The Bertz CT molecular complexity index is 1200. The molecule has 2 aliphatic rings. The van der Waals surface area contributed by atoms with Gasteiger partial charge in [-0.15, -0.1) is 0 Å². The van der Waals surface area contributed by atoms with Gasteiger partial charge in [0.05, 0.1) is 0 Å². The van der Waals surface area contributed by atoms with Gasteiger partial charge in [0.15, 0.2) is 11.6 Å². The van der Waals surface area contributed by atoms with Gasteiger partial charge in [-0.05, 0) is 46.4 Å². The highest BCUT2D eigenvalue weighted by Gasteiger charge is 2.39. The lowest BCUT2D eigenvalue weighted by molar-refractivity contribution is -0.141. The van der Waals surface area contributed by atoms with E-state index in [9.17, 15) is 14.4 Å². The minimum atomic E-state index is -1.07. The summed E-state index contributed by atoms with van der Waals surface area (Å²) in [6, 6.07) is 15.3. The Kier molecular flexibility index (Phi) is 5.97. The van der Waals surface area contributed by atoms with Crippen molar-refractivity contribution in [2.24, 2.45) is 5.92 Å². The number of benzene rings is 2. The first-order chi connectivity index (χ1) is 15.7. The molecule has 1 aliphatic heterocycles. The number of allylic oxidation sites excluding steroid dienone is 1. The van der Waals surface area contributed by atoms with E-state index in [1.54, 1.807) is 48.5 Å². The summed E-state index contributed by atoms with van der Waals surface area (Å²) in [5.41, 5.74) is 1.36. The Hall–Kier alpha value is -3.61. The van der Waals surface area contributed by atoms with E-state index in [1.165, 1.54) is 6.07 Å². The van der Waals surface area contributed by atoms with Crippen molar-refractivity contribution in [2.75, 3.05) is 28.2 Å². The third kappa shape index (κ3) is 4.11. The predicted molar refractivity (Wildman–Crippen MR) is 126 cm³/mol. The number of hydrogen-bond acceptors (Lipinski definition) is 6. The predicted octanol–water partition coefficient (Wildman–Crippen LogP) is 3.47. The lowest BCUT2D eigenvalue weighted by Gasteiger charge is -2.43. The highest BCUT2D eigenvalue weighted by atomic mass is 16.5. The second-order valence-corrected chi connectivity index (χ2v) is 8.57. The van der Waals surface area contributed by atoms with E-state index in [0.717, 1.165) is 0 Å². The minimum Gasteiger partial charge on any atom is -0.425 e. The molecule has 2 aromatic carbocycles. The highest BCUT2D eigenvalue weighted by molar-refractivity contribution is 6.14. The molecule has 1 aliphatic carbocycles. The molecule has 0 saturated heterocycles. The molecule has 4 rings (SSSR count). The average Bonchev–Trinajstić information content (AvgIpc) is 2.82. The molecule has 0 fully saturated rings. The zero-order valence-corrected chi connectivity index (χ0v) is 19.1. The fraction of sp³-hybridized carbons (Fsp3) is 0.222. The van der Waals surface area contributed by atoms with Gasteiger partial charge in [0, 0.05) is 22.3 Å². The largest absolute Gasteiger partial charge is 0.425 e. The summed E-state index contributed by atoms with van der Waals surface area (Å²) < 4.78 is 5.61. The van der Waals surface area contributed by atoms with E-state index in [1.807, 2.05) is 62.3 Å². The van der Waals surface area contributed by atoms with E-state index in [-0.39, 0.29) is 5.78 Å². The van der Waals surface area contributed by atoms with Gasteiger partial charge in [-0.2, -0.15) is 0 Å². The van der Waals surface area contributed by atoms with Crippen LogP contribution in [-0.4, -0.2) is 61.2 Å². The van der Waals surface area contributed by atoms with E-state index in [4.69, 9.17) is 4.74 Å². The molecule has 0 saturated carbocycles. The molecule has 1 atom stereocenters. The second kappa shape index (κ2) is 8.73. The van der Waals surface area contributed by atoms with Crippen molar-refractivity contribution in [1.29, 1.82) is 0 Å². The molecular formula is C27H26N2O4. The number of Topliss-reactive ketones (excluding diaryl/α,β-unsaturated/α-hetero) is 1. The lowest BCUT2D eigenvalue weighted by Crippen LogP contribution is -2.53. The normalized spacial score (nSPS) is 19.0. The minimum absolute atomic E-state index is 0.182. The molecule has 0 radical (unpaired) electrons. The Morgan fingerprint density at radius 2 is 1.52 bits per heavy atom. The summed E-state index contributed by atoms with van der Waals surface area (Å²) in [6.45, 7) is 0. The van der Waals surface area contributed by atoms with Crippen LogP contribution in [0.25, 0.3) is 0 Å². The number of ketones is 2. The average molecular weight is 443 g/mol. The Morgan fingerprint density at radius 3 is 2.18 bits per heavy atom. The molecule has 6 heteroatoms. The summed E-state index contributed by atoms with van der Waals surface area (Å²) in [7, 11) is 7.77. The van der Waals surface area contributed by atoms with E-state index in [0.29, 0.717) is 28.0 Å². The number of hydrogen-bond donors (Lipinski definition) is 0. The topological polar surface area (TPSA) is 66.9 Å². The van der Waals surface area contributed by atoms with Crippen LogP contribution in [0.15, 0.2) is 90.2 Å². The first-order valence-corrected chi connectivity index (χ1v) is 10.7. The smallest absolute Gasteiger partial charge is 0.326 e. The van der Waals surface area contributed by atoms with Crippen LogP contribution in [-0.2, 0) is 9.53 Å². The Morgan fingerprint density at radius 1 is 0.879 bits per heavy atom. The molecule has 168 valence electrons. The van der Waals surface area contributed by atoms with Crippen molar-refractivity contribution in [3.8, 4) is 0 Å². The van der Waals surface area contributed by atoms with Crippen LogP contribution in [0.3, 0.4) is 0 Å². The lowest BCUT2D eigenvalue weighted by atomic mass is 9.88. The van der Waals surface area contributed by atoms with E-state index >= 15 is 0 Å². The molecule has 0 N–H and O–H groups in total. The fourth-order valence-corrected chi connectivity index (χ4v) is 4.15. The van der Waals surface area contributed by atoms with Crippen LogP contribution < -0.4 is 0 Å². The van der Waals surface area contributed by atoms with Crippen molar-refractivity contribution in [2.45, 2.75) is 5.66 Å². The summed E-state index contributed by atoms with van der Waals surface area (Å²) >= 11 is 0. The number of likely N-dealkylation sites (N-methyl/N-ethyl adjacent to an activating group) is 2. The number of fused-ring (bicyclic) bond motifs is 1. The third-order valence-electron chi connectivity index (χ3n) is 6.11. The number of ether oxygens (including phenoxy) is 1. The standard InChI is InChI=1S/C27H26N2O4/c1-28(2)27(29(3)4)14-13-19-16-22(26(32)33-23(19)17-27)25(31)21-12-8-11-20(15-21)24(30)18-9-6-5-7-10-18/h5-17,22H,1-4H3. The molecule has 0 spiro atoms. The molecule has 0 amide bonds. The molecule has 6 nitrogen and oxygen atoms in total. The van der Waals surface area contributed by atoms with Gasteiger partial charge in [0.1, 0.15) is 17.3 Å². The van der Waals surface area contributed by atoms with Gasteiger partial charge in [-0.25, -0.2) is 0 Å². The zero-order valence-electron chi connectivity index (χ0n) is 19.1. The SMILES string of the molecule is CN(C)C1(N(C)C)C=CC2=CC(C(=O)c3cccc(C(=O)c4ccccc4)c3)C(=O)OC2=C1. The second-order valence-electron chi connectivity index (χ2n) is 8.57. The molecule has 2 aromatic rings. The molecule has 33 heavy (non-hydrogen) atoms. The number of esters is 1. The Balaban J connectivity index is 1.63. The number of nitrogens with zero attached hydrogens (tertiary/aromatic N) is 2. The molecule has 1 unspecified atom stereocenters. The van der Waals surface area contributed by atoms with Crippen LogP contribution in [0.1, 0.15) is 26.3 Å². The van der Waals surface area contributed by atoms with Crippen molar-refractivity contribution in [3.63, 3.8) is 0 Å². The van der Waals surface area contributed by atoms with Crippen LogP contribution in [0.4, 0.5) is 0 Å². The van der Waals surface area contributed by atoms with Gasteiger partial charge in [-0.3, -0.25) is 24.2 Å². The summed E-state index contributed by atoms with van der Waals surface area (Å²) in [5.74, 6) is -1.85. The summed E-state index contributed by atoms with van der Waals surface area (Å²) in [5, 5.41) is 0. The maximum absolute atomic E-state index is 13.2. The molecular weight excluding hydrogens is 416 g/mol. The van der Waals surface area contributed by atoms with Gasteiger partial charge in [-0.1, -0.05) is 60.7 Å². The van der Waals surface area contributed by atoms with Crippen LogP contribution >= 0.6 is 0 Å². The quantitative estimate of drug-likeness (QED) is 0.295. The van der Waals surface area contributed by atoms with Crippen LogP contribution in [0.5, 0.6) is 0 Å². The van der Waals surface area contributed by atoms with Gasteiger partial charge in [0.25, 0.3) is 0 Å². The van der Waals surface area contributed by atoms with Gasteiger partial charge >= 0.3 is 5.97 Å². The highest BCUT2D eigenvalue weighted by Crippen LogP contribution is 2.35. The molecule has 0 bridgehead atoms. The zero-order chi connectivity index (χ0) is 23.8. The van der Waals surface area contributed by atoms with Crippen LogP contribution in [0.2, 0.25) is 0 Å². The van der Waals surface area contributed by atoms with E-state index in [2.05, 4.69) is 0 Å². The molecule has 1 heterocycles. The monoisotopic (exact) mass is 442 g/mol. The number of rotatable bonds is 6. The summed E-state index contributed by atoms with van der Waals surface area (Å²) in [4.78, 5) is 42.8. The first-order valence-electron chi connectivity index (χ1n) is 10.7. The van der Waals surface area contributed by atoms with Crippen molar-refractivity contribution in [3.05, 3.63) is 107 Å². The van der Waals surface area contributed by atoms with Crippen molar-refractivity contribution in [1.82, 2.24) is 9.80 Å².